The van der Waals surface area contributed by atoms with E-state index in [0.717, 1.165) is 0 Å². The number of aromatic nitrogens is 1. The number of carbonyl (C=O) groups is 1. The summed E-state index contributed by atoms with van der Waals surface area (Å²) < 4.78 is 16.4. The predicted molar refractivity (Wildman–Crippen MR) is 94.3 cm³/mol. The van der Waals surface area contributed by atoms with E-state index >= 15 is 0 Å². The van der Waals surface area contributed by atoms with Crippen LogP contribution in [0.2, 0.25) is 0 Å². The van der Waals surface area contributed by atoms with Crippen LogP contribution in [0.3, 0.4) is 0 Å². The number of hydrogen-bond acceptors (Lipinski definition) is 5. The molecule has 0 saturated heterocycles. The second kappa shape index (κ2) is 10.3. The summed E-state index contributed by atoms with van der Waals surface area (Å²) in [5.74, 6) is 0.693. The van der Waals surface area contributed by atoms with Crippen LogP contribution in [0.4, 0.5) is 5.69 Å². The SMILES string of the molecule is CCOCCOc1ccc(NC(=O)C(C)(CC(C)C)OCC)cn1. The minimum atomic E-state index is -0.852. The molecule has 0 aliphatic carbocycles. The highest BCUT2D eigenvalue weighted by Crippen LogP contribution is 2.23. The Balaban J connectivity index is 2.62. The Bertz CT molecular complexity index is 490. The van der Waals surface area contributed by atoms with E-state index in [1.54, 1.807) is 18.3 Å². The normalized spacial score (nSPS) is 13.6. The molecular formula is C18H30N2O4. The van der Waals surface area contributed by atoms with Gasteiger partial charge in [0.25, 0.3) is 5.91 Å². The molecule has 6 heteroatoms. The first-order valence-electron chi connectivity index (χ1n) is 8.53. The van der Waals surface area contributed by atoms with Crippen LogP contribution in [0.15, 0.2) is 18.3 Å². The largest absolute Gasteiger partial charge is 0.475 e. The second-order valence-corrected chi connectivity index (χ2v) is 6.15. The summed E-state index contributed by atoms with van der Waals surface area (Å²) in [7, 11) is 0. The summed E-state index contributed by atoms with van der Waals surface area (Å²) in [6, 6.07) is 3.49. The Morgan fingerprint density at radius 1 is 1.25 bits per heavy atom. The molecule has 6 nitrogen and oxygen atoms in total. The number of nitrogens with zero attached hydrogens (tertiary/aromatic N) is 1. The molecule has 1 N–H and O–H groups in total. The van der Waals surface area contributed by atoms with Gasteiger partial charge >= 0.3 is 0 Å². The Hall–Kier alpha value is -1.66. The van der Waals surface area contributed by atoms with Crippen LogP contribution >= 0.6 is 0 Å². The lowest BCUT2D eigenvalue weighted by molar-refractivity contribution is -0.140. The van der Waals surface area contributed by atoms with Crippen molar-refractivity contribution in [2.24, 2.45) is 5.92 Å². The van der Waals surface area contributed by atoms with E-state index in [0.29, 0.717) is 50.3 Å². The third-order valence-electron chi connectivity index (χ3n) is 3.42. The van der Waals surface area contributed by atoms with Crippen molar-refractivity contribution < 1.29 is 19.0 Å². The van der Waals surface area contributed by atoms with Crippen molar-refractivity contribution in [1.82, 2.24) is 4.98 Å². The molecular weight excluding hydrogens is 308 g/mol. The molecule has 1 aromatic rings. The molecule has 136 valence electrons. The van der Waals surface area contributed by atoms with E-state index < -0.39 is 5.60 Å². The zero-order chi connectivity index (χ0) is 18.0. The molecule has 1 unspecified atom stereocenters. The maximum Gasteiger partial charge on any atom is 0.256 e. The Morgan fingerprint density at radius 2 is 2.00 bits per heavy atom. The van der Waals surface area contributed by atoms with Gasteiger partial charge < -0.3 is 19.5 Å². The molecule has 24 heavy (non-hydrogen) atoms. The van der Waals surface area contributed by atoms with Gasteiger partial charge in [0.05, 0.1) is 18.5 Å². The quantitative estimate of drug-likeness (QED) is 0.627. The second-order valence-electron chi connectivity index (χ2n) is 6.15. The number of rotatable bonds is 11. The minimum absolute atomic E-state index is 0.162. The van der Waals surface area contributed by atoms with Crippen LogP contribution in [-0.2, 0) is 14.3 Å². The molecule has 0 spiro atoms. The zero-order valence-electron chi connectivity index (χ0n) is 15.4. The summed E-state index contributed by atoms with van der Waals surface area (Å²) in [5.41, 5.74) is -0.234. The highest BCUT2D eigenvalue weighted by Gasteiger charge is 2.34. The van der Waals surface area contributed by atoms with Gasteiger partial charge in [-0.15, -0.1) is 0 Å². The van der Waals surface area contributed by atoms with Crippen LogP contribution in [-0.4, -0.2) is 42.9 Å². The van der Waals surface area contributed by atoms with Crippen molar-refractivity contribution in [2.75, 3.05) is 31.7 Å². The number of nitrogens with one attached hydrogen (secondary N) is 1. The molecule has 0 aromatic carbocycles. The van der Waals surface area contributed by atoms with Gasteiger partial charge in [0.15, 0.2) is 0 Å². The molecule has 0 aliphatic heterocycles. The van der Waals surface area contributed by atoms with Crippen molar-refractivity contribution in [3.8, 4) is 5.88 Å². The average Bonchev–Trinajstić information content (AvgIpc) is 2.52. The maximum absolute atomic E-state index is 12.6. The van der Waals surface area contributed by atoms with Crippen molar-refractivity contribution >= 4 is 11.6 Å². The highest BCUT2D eigenvalue weighted by molar-refractivity contribution is 5.96. The molecule has 1 heterocycles. The van der Waals surface area contributed by atoms with Crippen LogP contribution in [0.25, 0.3) is 0 Å². The number of ether oxygens (including phenoxy) is 3. The Morgan fingerprint density at radius 3 is 2.54 bits per heavy atom. The van der Waals surface area contributed by atoms with Crippen LogP contribution < -0.4 is 10.1 Å². The Kier molecular flexibility index (Phi) is 8.71. The first-order chi connectivity index (χ1) is 11.4. The van der Waals surface area contributed by atoms with E-state index in [9.17, 15) is 4.79 Å². The fraction of sp³-hybridized carbons (Fsp3) is 0.667. The summed E-state index contributed by atoms with van der Waals surface area (Å²) in [6.07, 6.45) is 2.23. The lowest BCUT2D eigenvalue weighted by atomic mass is 9.93. The van der Waals surface area contributed by atoms with Crippen molar-refractivity contribution in [3.63, 3.8) is 0 Å². The fourth-order valence-corrected chi connectivity index (χ4v) is 2.47. The van der Waals surface area contributed by atoms with Crippen LogP contribution in [0.1, 0.15) is 41.0 Å². The van der Waals surface area contributed by atoms with Crippen molar-refractivity contribution in [3.05, 3.63) is 18.3 Å². The van der Waals surface area contributed by atoms with Gasteiger partial charge in [-0.25, -0.2) is 4.98 Å². The summed E-state index contributed by atoms with van der Waals surface area (Å²) in [6.45, 7) is 11.9. The fourth-order valence-electron chi connectivity index (χ4n) is 2.47. The molecule has 0 aliphatic rings. The number of pyridine rings is 1. The van der Waals surface area contributed by atoms with Gasteiger partial charge in [0.2, 0.25) is 5.88 Å². The first-order valence-corrected chi connectivity index (χ1v) is 8.53. The number of carbonyl (C=O) groups excluding carboxylic acids is 1. The van der Waals surface area contributed by atoms with Crippen molar-refractivity contribution in [2.45, 2.75) is 46.6 Å². The number of hydrogen-bond donors (Lipinski definition) is 1. The average molecular weight is 338 g/mol. The minimum Gasteiger partial charge on any atom is -0.475 e. The first kappa shape index (κ1) is 20.4. The molecule has 1 aromatic heterocycles. The van der Waals surface area contributed by atoms with Crippen LogP contribution in [0.5, 0.6) is 5.88 Å². The molecule has 1 amide bonds. The molecule has 0 fully saturated rings. The van der Waals surface area contributed by atoms with Gasteiger partial charge in [-0.1, -0.05) is 13.8 Å². The van der Waals surface area contributed by atoms with Gasteiger partial charge in [0, 0.05) is 19.3 Å². The summed E-state index contributed by atoms with van der Waals surface area (Å²) in [5, 5.41) is 2.87. The van der Waals surface area contributed by atoms with Crippen molar-refractivity contribution in [1.29, 1.82) is 0 Å². The monoisotopic (exact) mass is 338 g/mol. The Labute approximate surface area is 144 Å². The summed E-state index contributed by atoms with van der Waals surface area (Å²) in [4.78, 5) is 16.8. The summed E-state index contributed by atoms with van der Waals surface area (Å²) >= 11 is 0. The number of anilines is 1. The van der Waals surface area contributed by atoms with Gasteiger partial charge in [-0.2, -0.15) is 0 Å². The molecule has 0 saturated carbocycles. The lowest BCUT2D eigenvalue weighted by Gasteiger charge is -2.29. The lowest BCUT2D eigenvalue weighted by Crippen LogP contribution is -2.44. The highest BCUT2D eigenvalue weighted by atomic mass is 16.5. The molecule has 1 atom stereocenters. The molecule has 0 bridgehead atoms. The van der Waals surface area contributed by atoms with E-state index in [1.165, 1.54) is 0 Å². The third-order valence-corrected chi connectivity index (χ3v) is 3.42. The van der Waals surface area contributed by atoms with E-state index in [1.807, 2.05) is 20.8 Å². The van der Waals surface area contributed by atoms with Gasteiger partial charge in [-0.05, 0) is 39.2 Å². The van der Waals surface area contributed by atoms with E-state index in [4.69, 9.17) is 14.2 Å². The predicted octanol–water partition coefficient (Wildman–Crippen LogP) is 3.28. The smallest absolute Gasteiger partial charge is 0.256 e. The van der Waals surface area contributed by atoms with Crippen LogP contribution in [0, 0.1) is 5.92 Å². The van der Waals surface area contributed by atoms with E-state index in [2.05, 4.69) is 24.1 Å². The van der Waals surface area contributed by atoms with Gasteiger partial charge in [-0.3, -0.25) is 4.79 Å². The topological polar surface area (TPSA) is 69.7 Å². The van der Waals surface area contributed by atoms with E-state index in [-0.39, 0.29) is 5.91 Å². The third kappa shape index (κ3) is 6.84. The standard InChI is InChI=1S/C18H30N2O4/c1-6-22-10-11-23-16-9-8-15(13-19-16)20-17(21)18(5,24-7-2)12-14(3)4/h8-9,13-14H,6-7,10-12H2,1-5H3,(H,20,21). The molecule has 0 radical (unpaired) electrons. The number of amides is 1. The maximum atomic E-state index is 12.6. The molecule has 1 rings (SSSR count). The van der Waals surface area contributed by atoms with Gasteiger partial charge in [0.1, 0.15) is 12.2 Å². The zero-order valence-corrected chi connectivity index (χ0v) is 15.4.